The van der Waals surface area contributed by atoms with E-state index in [0.29, 0.717) is 12.4 Å². The highest BCUT2D eigenvalue weighted by Crippen LogP contribution is 2.60. The average molecular weight is 463 g/mol. The van der Waals surface area contributed by atoms with E-state index in [4.69, 9.17) is 4.74 Å². The molecule has 6 rings (SSSR count). The van der Waals surface area contributed by atoms with Crippen LogP contribution >= 0.6 is 0 Å². The second-order valence-electron chi connectivity index (χ2n) is 12.1. The molecule has 32 heavy (non-hydrogen) atoms. The number of ketones is 1. The van der Waals surface area contributed by atoms with E-state index in [2.05, 4.69) is 0 Å². The maximum absolute atomic E-state index is 15.0. The molecule has 6 heteroatoms. The van der Waals surface area contributed by atoms with E-state index in [1.54, 1.807) is 26.8 Å². The van der Waals surface area contributed by atoms with Gasteiger partial charge in [-0.1, -0.05) is 0 Å². The molecule has 0 spiro atoms. The van der Waals surface area contributed by atoms with Gasteiger partial charge in [-0.15, -0.1) is 0 Å². The molecule has 0 aliphatic heterocycles. The van der Waals surface area contributed by atoms with E-state index in [0.717, 1.165) is 36.2 Å². The lowest BCUT2D eigenvalue weighted by atomic mass is 9.50. The predicted molar refractivity (Wildman–Crippen MR) is 122 cm³/mol. The van der Waals surface area contributed by atoms with Gasteiger partial charge in [-0.2, -0.15) is 0 Å². The fourth-order valence-electron chi connectivity index (χ4n) is 6.79. The van der Waals surface area contributed by atoms with E-state index in [1.807, 2.05) is 0 Å². The molecule has 0 N–H and O–H groups in total. The van der Waals surface area contributed by atoms with Crippen LogP contribution in [0.15, 0.2) is 12.1 Å². The molecule has 5 fully saturated rings. The van der Waals surface area contributed by atoms with Crippen molar-refractivity contribution >= 4 is 15.6 Å². The summed E-state index contributed by atoms with van der Waals surface area (Å²) in [7, 11) is -3.67. The SMILES string of the molecule is CC(C)(C)S(=O)(=O)CC(=O)c1cc(C2CC2)c(OCC23CC4CC(CC(C4)C2)C3)cc1F. The first kappa shape index (κ1) is 22.4. The maximum atomic E-state index is 15.0. The summed E-state index contributed by atoms with van der Waals surface area (Å²) in [6.07, 6.45) is 9.77. The normalized spacial score (nSPS) is 31.7. The van der Waals surface area contributed by atoms with Gasteiger partial charge >= 0.3 is 0 Å². The number of rotatable bonds is 7. The lowest BCUT2D eigenvalue weighted by Gasteiger charge is -2.56. The van der Waals surface area contributed by atoms with E-state index < -0.39 is 31.9 Å². The Morgan fingerprint density at radius 1 is 1.06 bits per heavy atom. The van der Waals surface area contributed by atoms with Crippen molar-refractivity contribution in [2.24, 2.45) is 23.2 Å². The second-order valence-corrected chi connectivity index (χ2v) is 14.9. The van der Waals surface area contributed by atoms with Gasteiger partial charge in [0.2, 0.25) is 0 Å². The maximum Gasteiger partial charge on any atom is 0.180 e. The third-order valence-electron chi connectivity index (χ3n) is 8.37. The van der Waals surface area contributed by atoms with Crippen LogP contribution in [0, 0.1) is 29.0 Å². The topological polar surface area (TPSA) is 60.4 Å². The standard InChI is InChI=1S/C26H35FO4S/c1-25(2,3)32(29,30)14-23(28)21-9-20(19-4-5-19)24(10-22(21)27)31-15-26-11-16-6-17(12-26)8-18(7-16)13-26/h9-10,16-19H,4-8,11-15H2,1-3H3. The monoisotopic (exact) mass is 462 g/mol. The number of carbonyl (C=O) groups is 1. The average Bonchev–Trinajstić information content (AvgIpc) is 3.49. The lowest BCUT2D eigenvalue weighted by Crippen LogP contribution is -2.48. The van der Waals surface area contributed by atoms with Crippen molar-refractivity contribution in [3.8, 4) is 5.75 Å². The van der Waals surface area contributed by atoms with Crippen molar-refractivity contribution in [1.82, 2.24) is 0 Å². The summed E-state index contributed by atoms with van der Waals surface area (Å²) >= 11 is 0. The Bertz CT molecular complexity index is 997. The summed E-state index contributed by atoms with van der Waals surface area (Å²) in [5.74, 6) is 1.28. The van der Waals surface area contributed by atoms with Gasteiger partial charge in [0, 0.05) is 11.5 Å². The van der Waals surface area contributed by atoms with Gasteiger partial charge < -0.3 is 4.74 Å². The zero-order valence-corrected chi connectivity index (χ0v) is 20.3. The Hall–Kier alpha value is -1.43. The Morgan fingerprint density at radius 3 is 2.12 bits per heavy atom. The van der Waals surface area contributed by atoms with Crippen molar-refractivity contribution in [2.75, 3.05) is 12.4 Å². The van der Waals surface area contributed by atoms with Crippen molar-refractivity contribution in [3.63, 3.8) is 0 Å². The minimum absolute atomic E-state index is 0.123. The molecule has 176 valence electrons. The van der Waals surface area contributed by atoms with E-state index in [9.17, 15) is 13.2 Å². The van der Waals surface area contributed by atoms with Crippen LogP contribution in [0.3, 0.4) is 0 Å². The number of carbonyl (C=O) groups excluding carboxylic acids is 1. The Balaban J connectivity index is 1.36. The molecule has 5 aliphatic rings. The molecule has 5 aliphatic carbocycles. The number of sulfone groups is 1. The molecule has 1 aromatic rings. The van der Waals surface area contributed by atoms with E-state index >= 15 is 4.39 Å². The van der Waals surface area contributed by atoms with Gasteiger partial charge in [-0.05, 0) is 107 Å². The Morgan fingerprint density at radius 2 is 1.62 bits per heavy atom. The zero-order chi connectivity index (χ0) is 22.9. The molecule has 4 bridgehead atoms. The van der Waals surface area contributed by atoms with Gasteiger partial charge in [0.05, 0.1) is 16.9 Å². The first-order valence-electron chi connectivity index (χ1n) is 12.2. The molecule has 5 saturated carbocycles. The smallest absolute Gasteiger partial charge is 0.180 e. The molecule has 4 nitrogen and oxygen atoms in total. The number of hydrogen-bond donors (Lipinski definition) is 0. The van der Waals surface area contributed by atoms with Crippen LogP contribution in [0.25, 0.3) is 0 Å². The largest absolute Gasteiger partial charge is 0.493 e. The highest BCUT2D eigenvalue weighted by molar-refractivity contribution is 7.93. The van der Waals surface area contributed by atoms with E-state index in [1.165, 1.54) is 44.6 Å². The van der Waals surface area contributed by atoms with Crippen molar-refractivity contribution < 1.29 is 22.3 Å². The summed E-state index contributed by atoms with van der Waals surface area (Å²) in [4.78, 5) is 12.8. The Labute approximate surface area is 191 Å². The minimum Gasteiger partial charge on any atom is -0.493 e. The van der Waals surface area contributed by atoms with Crippen molar-refractivity contribution in [2.45, 2.75) is 82.8 Å². The van der Waals surface area contributed by atoms with Gasteiger partial charge in [-0.3, -0.25) is 4.79 Å². The van der Waals surface area contributed by atoms with Crippen LogP contribution < -0.4 is 4.74 Å². The molecule has 0 amide bonds. The number of ether oxygens (including phenoxy) is 1. The molecular weight excluding hydrogens is 427 g/mol. The number of benzene rings is 1. The van der Waals surface area contributed by atoms with Crippen molar-refractivity contribution in [3.05, 3.63) is 29.1 Å². The van der Waals surface area contributed by atoms with Crippen LogP contribution in [0.2, 0.25) is 0 Å². The molecule has 0 atom stereocenters. The first-order chi connectivity index (χ1) is 14.9. The molecule has 0 saturated heterocycles. The van der Waals surface area contributed by atoms with Gasteiger partial charge in [-0.25, -0.2) is 12.8 Å². The fourth-order valence-corrected chi connectivity index (χ4v) is 7.72. The molecular formula is C26H35FO4S. The van der Waals surface area contributed by atoms with Gasteiger partial charge in [0.1, 0.15) is 17.3 Å². The summed E-state index contributed by atoms with van der Waals surface area (Å²) in [5, 5.41) is 0. The molecule has 0 aromatic heterocycles. The third kappa shape index (κ3) is 4.12. The minimum atomic E-state index is -3.67. The first-order valence-corrected chi connectivity index (χ1v) is 13.8. The number of hydrogen-bond acceptors (Lipinski definition) is 4. The Kier molecular flexibility index (Phi) is 5.27. The van der Waals surface area contributed by atoms with Crippen LogP contribution in [0.1, 0.15) is 94.0 Å². The van der Waals surface area contributed by atoms with E-state index in [-0.39, 0.29) is 16.9 Å². The van der Waals surface area contributed by atoms with Gasteiger partial charge in [0.15, 0.2) is 15.6 Å². The number of halogens is 1. The highest BCUT2D eigenvalue weighted by Gasteiger charge is 2.51. The van der Waals surface area contributed by atoms with Crippen LogP contribution in [0.4, 0.5) is 4.39 Å². The summed E-state index contributed by atoms with van der Waals surface area (Å²) in [5.41, 5.74) is 0.968. The van der Waals surface area contributed by atoms with Crippen LogP contribution in [-0.2, 0) is 9.84 Å². The lowest BCUT2D eigenvalue weighted by molar-refractivity contribution is -0.0747. The molecule has 0 unspecified atom stereocenters. The van der Waals surface area contributed by atoms with Crippen LogP contribution in [0.5, 0.6) is 5.75 Å². The van der Waals surface area contributed by atoms with Crippen LogP contribution in [-0.4, -0.2) is 31.3 Å². The molecule has 0 radical (unpaired) electrons. The summed E-state index contributed by atoms with van der Waals surface area (Å²) < 4.78 is 45.3. The molecule has 1 aromatic carbocycles. The highest BCUT2D eigenvalue weighted by atomic mass is 32.2. The predicted octanol–water partition coefficient (Wildman–Crippen LogP) is 5.69. The zero-order valence-electron chi connectivity index (χ0n) is 19.5. The second kappa shape index (κ2) is 7.54. The van der Waals surface area contributed by atoms with Crippen molar-refractivity contribution in [1.29, 1.82) is 0 Å². The number of Topliss-reactive ketones (excluding diaryl/α,β-unsaturated/α-hetero) is 1. The third-order valence-corrected chi connectivity index (χ3v) is 10.9. The molecule has 0 heterocycles. The fraction of sp³-hybridized carbons (Fsp3) is 0.731. The summed E-state index contributed by atoms with van der Waals surface area (Å²) in [6, 6.07) is 2.91. The quantitative estimate of drug-likeness (QED) is 0.488. The summed E-state index contributed by atoms with van der Waals surface area (Å²) in [6.45, 7) is 5.30. The van der Waals surface area contributed by atoms with Gasteiger partial charge in [0.25, 0.3) is 0 Å².